The van der Waals surface area contributed by atoms with E-state index in [1.54, 1.807) is 29.6 Å². The van der Waals surface area contributed by atoms with E-state index >= 15 is 0 Å². The number of carbonyl (C=O) groups is 2. The predicted octanol–water partition coefficient (Wildman–Crippen LogP) is 5.96. The lowest BCUT2D eigenvalue weighted by molar-refractivity contribution is 0.0607. The summed E-state index contributed by atoms with van der Waals surface area (Å²) in [6, 6.07) is 16.6. The quantitative estimate of drug-likeness (QED) is 0.400. The fourth-order valence-corrected chi connectivity index (χ4v) is 4.28. The van der Waals surface area contributed by atoms with Crippen LogP contribution in [0, 0.1) is 6.92 Å². The Morgan fingerprint density at radius 3 is 2.60 bits per heavy atom. The Morgan fingerprint density at radius 1 is 1.10 bits per heavy atom. The van der Waals surface area contributed by atoms with Gasteiger partial charge in [0.1, 0.15) is 4.88 Å². The second-order valence-corrected chi connectivity index (χ2v) is 7.95. The number of amides is 1. The summed E-state index contributed by atoms with van der Waals surface area (Å²) in [6.45, 7) is 1.86. The Morgan fingerprint density at radius 2 is 1.87 bits per heavy atom. The molecule has 2 heterocycles. The molecule has 0 saturated carbocycles. The number of rotatable bonds is 4. The van der Waals surface area contributed by atoms with Gasteiger partial charge in [-0.3, -0.25) is 4.79 Å². The summed E-state index contributed by atoms with van der Waals surface area (Å²) >= 11 is 7.42. The van der Waals surface area contributed by atoms with E-state index in [1.807, 2.05) is 37.3 Å². The number of nitrogens with zero attached hydrogens (tertiary/aromatic N) is 1. The van der Waals surface area contributed by atoms with Gasteiger partial charge in [0.15, 0.2) is 0 Å². The molecule has 0 bridgehead atoms. The molecule has 0 atom stereocenters. The maximum Gasteiger partial charge on any atom is 0.350 e. The van der Waals surface area contributed by atoms with Crippen molar-refractivity contribution in [3.63, 3.8) is 0 Å². The van der Waals surface area contributed by atoms with Crippen molar-refractivity contribution in [2.45, 2.75) is 6.92 Å². The summed E-state index contributed by atoms with van der Waals surface area (Å²) in [5.41, 5.74) is 3.88. The molecular weight excluding hydrogens is 420 g/mol. The van der Waals surface area contributed by atoms with E-state index in [9.17, 15) is 9.59 Å². The van der Waals surface area contributed by atoms with Crippen molar-refractivity contribution in [1.29, 1.82) is 0 Å². The first kappa shape index (κ1) is 20.1. The number of carbonyl (C=O) groups excluding carboxylic acids is 2. The molecule has 0 unspecified atom stereocenters. The molecular formula is C23H17ClN2O3S. The second-order valence-electron chi connectivity index (χ2n) is 6.60. The van der Waals surface area contributed by atoms with Gasteiger partial charge in [-0.05, 0) is 42.1 Å². The predicted molar refractivity (Wildman–Crippen MR) is 121 cm³/mol. The number of methoxy groups -OCH3 is 1. The molecule has 4 rings (SSSR count). The fourth-order valence-electron chi connectivity index (χ4n) is 3.34. The maximum absolute atomic E-state index is 13.4. The number of anilines is 1. The fraction of sp³-hybridized carbons (Fsp3) is 0.0870. The number of nitrogens with one attached hydrogen (secondary N) is 1. The highest BCUT2D eigenvalue weighted by Gasteiger charge is 2.22. The number of benzene rings is 2. The lowest BCUT2D eigenvalue weighted by atomic mass is 9.97. The van der Waals surface area contributed by atoms with Crippen LogP contribution in [-0.2, 0) is 4.74 Å². The number of fused-ring (bicyclic) bond motifs is 1. The first-order valence-electron chi connectivity index (χ1n) is 9.12. The number of hydrogen-bond donors (Lipinski definition) is 1. The summed E-state index contributed by atoms with van der Waals surface area (Å²) < 4.78 is 4.80. The van der Waals surface area contributed by atoms with E-state index in [0.29, 0.717) is 37.7 Å². The van der Waals surface area contributed by atoms with Crippen LogP contribution in [0.25, 0.3) is 22.2 Å². The minimum atomic E-state index is -0.496. The van der Waals surface area contributed by atoms with Gasteiger partial charge in [0.25, 0.3) is 5.91 Å². The highest BCUT2D eigenvalue weighted by Crippen LogP contribution is 2.32. The minimum absolute atomic E-state index is 0.336. The van der Waals surface area contributed by atoms with Crippen molar-refractivity contribution in [2.75, 3.05) is 12.4 Å². The first-order valence-corrected chi connectivity index (χ1v) is 10.4. The summed E-state index contributed by atoms with van der Waals surface area (Å²) in [7, 11) is 1.31. The molecule has 30 heavy (non-hydrogen) atoms. The number of pyridine rings is 1. The third kappa shape index (κ3) is 3.67. The van der Waals surface area contributed by atoms with Gasteiger partial charge in [-0.1, -0.05) is 41.9 Å². The van der Waals surface area contributed by atoms with Crippen LogP contribution in [0.1, 0.15) is 25.6 Å². The lowest BCUT2D eigenvalue weighted by Gasteiger charge is -2.15. The second kappa shape index (κ2) is 8.26. The van der Waals surface area contributed by atoms with Crippen LogP contribution < -0.4 is 5.32 Å². The van der Waals surface area contributed by atoms with E-state index in [-0.39, 0.29) is 5.91 Å². The highest BCUT2D eigenvalue weighted by atomic mass is 35.5. The molecule has 150 valence electrons. The summed E-state index contributed by atoms with van der Waals surface area (Å²) in [5, 5.41) is 5.74. The zero-order valence-corrected chi connectivity index (χ0v) is 17.8. The van der Waals surface area contributed by atoms with E-state index < -0.39 is 5.97 Å². The molecule has 0 aliphatic rings. The molecule has 1 N–H and O–H groups in total. The van der Waals surface area contributed by atoms with Crippen molar-refractivity contribution in [3.8, 4) is 11.3 Å². The van der Waals surface area contributed by atoms with Crippen molar-refractivity contribution in [3.05, 3.63) is 81.0 Å². The van der Waals surface area contributed by atoms with E-state index in [1.165, 1.54) is 18.4 Å². The molecule has 0 aliphatic carbocycles. The highest BCUT2D eigenvalue weighted by molar-refractivity contribution is 7.12. The number of hydrogen-bond acceptors (Lipinski definition) is 5. The minimum Gasteiger partial charge on any atom is -0.465 e. The first-order chi connectivity index (χ1) is 14.5. The molecule has 0 spiro atoms. The Bertz CT molecular complexity index is 1270. The van der Waals surface area contributed by atoms with Gasteiger partial charge in [0.05, 0.1) is 29.6 Å². The number of halogens is 1. The Kier molecular flexibility index (Phi) is 5.53. The number of esters is 1. The zero-order chi connectivity index (χ0) is 21.3. The maximum atomic E-state index is 13.4. The molecule has 1 amide bonds. The van der Waals surface area contributed by atoms with Crippen molar-refractivity contribution in [2.24, 2.45) is 0 Å². The summed E-state index contributed by atoms with van der Waals surface area (Å²) in [6.07, 6.45) is 0. The van der Waals surface area contributed by atoms with Gasteiger partial charge >= 0.3 is 5.97 Å². The Labute approximate surface area is 182 Å². The largest absolute Gasteiger partial charge is 0.465 e. The van der Waals surface area contributed by atoms with Crippen LogP contribution in [0.4, 0.5) is 5.69 Å². The summed E-state index contributed by atoms with van der Waals surface area (Å²) in [5.74, 6) is -0.840. The Balaban J connectivity index is 1.88. The molecule has 2 aromatic heterocycles. The number of aromatic nitrogens is 1. The number of ether oxygens (including phenoxy) is 1. The Hall–Kier alpha value is -3.22. The third-order valence-electron chi connectivity index (χ3n) is 4.75. The average Bonchev–Trinajstić information content (AvgIpc) is 3.21. The molecule has 0 aliphatic heterocycles. The van der Waals surface area contributed by atoms with Crippen molar-refractivity contribution in [1.82, 2.24) is 4.98 Å². The van der Waals surface area contributed by atoms with Gasteiger partial charge in [-0.15, -0.1) is 11.3 Å². The molecule has 0 fully saturated rings. The van der Waals surface area contributed by atoms with Gasteiger partial charge in [-0.2, -0.15) is 0 Å². The molecule has 0 saturated heterocycles. The molecule has 0 radical (unpaired) electrons. The molecule has 7 heteroatoms. The van der Waals surface area contributed by atoms with Gasteiger partial charge in [0.2, 0.25) is 0 Å². The van der Waals surface area contributed by atoms with Crippen molar-refractivity contribution >= 4 is 51.4 Å². The van der Waals surface area contributed by atoms with Gasteiger partial charge < -0.3 is 10.1 Å². The normalized spacial score (nSPS) is 10.8. The van der Waals surface area contributed by atoms with Crippen LogP contribution in [0.2, 0.25) is 5.02 Å². The molecule has 4 aromatic rings. The monoisotopic (exact) mass is 436 g/mol. The van der Waals surface area contributed by atoms with Crippen LogP contribution in [-0.4, -0.2) is 24.0 Å². The zero-order valence-electron chi connectivity index (χ0n) is 16.2. The van der Waals surface area contributed by atoms with Crippen LogP contribution in [0.3, 0.4) is 0 Å². The lowest BCUT2D eigenvalue weighted by Crippen LogP contribution is -2.16. The van der Waals surface area contributed by atoms with E-state index in [0.717, 1.165) is 11.1 Å². The van der Waals surface area contributed by atoms with E-state index in [4.69, 9.17) is 21.3 Å². The molecule has 2 aromatic carbocycles. The van der Waals surface area contributed by atoms with Crippen LogP contribution in [0.15, 0.2) is 60.0 Å². The third-order valence-corrected chi connectivity index (χ3v) is 5.88. The topological polar surface area (TPSA) is 68.3 Å². The van der Waals surface area contributed by atoms with Crippen LogP contribution in [0.5, 0.6) is 0 Å². The standard InChI is InChI=1S/C23H17ClN2O3S/c1-13-19(22(27)26-18-10-11-30-21(18)23(28)29-2)16-12-15(24)8-9-17(16)25-20(13)14-6-4-3-5-7-14/h3-12H,1-2H3,(H,26,27). The molecule has 5 nitrogen and oxygen atoms in total. The average molecular weight is 437 g/mol. The van der Waals surface area contributed by atoms with Crippen molar-refractivity contribution < 1.29 is 14.3 Å². The summed E-state index contributed by atoms with van der Waals surface area (Å²) in [4.78, 5) is 30.5. The number of thiophene rings is 1. The van der Waals surface area contributed by atoms with Gasteiger partial charge in [0, 0.05) is 16.0 Å². The SMILES string of the molecule is COC(=O)c1sccc1NC(=O)c1c(C)c(-c2ccccc2)nc2ccc(Cl)cc12. The van der Waals surface area contributed by atoms with E-state index in [2.05, 4.69) is 5.32 Å². The smallest absolute Gasteiger partial charge is 0.350 e. The van der Waals surface area contributed by atoms with Crippen LogP contribution >= 0.6 is 22.9 Å². The van der Waals surface area contributed by atoms with Gasteiger partial charge in [-0.25, -0.2) is 9.78 Å².